The van der Waals surface area contributed by atoms with Gasteiger partial charge < -0.3 is 0 Å². The van der Waals surface area contributed by atoms with Crippen LogP contribution in [0.4, 0.5) is 0 Å². The fourth-order valence-electron chi connectivity index (χ4n) is 6.61. The molecule has 0 unspecified atom stereocenters. The van der Waals surface area contributed by atoms with E-state index in [0.717, 1.165) is 24.2 Å². The average molecular weight is 272 g/mol. The molecule has 110 valence electrons. The Labute approximate surface area is 123 Å². The van der Waals surface area contributed by atoms with Crippen molar-refractivity contribution in [3.8, 4) is 0 Å². The number of allylic oxidation sites excluding steroid dienone is 2. The van der Waals surface area contributed by atoms with Crippen LogP contribution < -0.4 is 0 Å². The summed E-state index contributed by atoms with van der Waals surface area (Å²) in [5.74, 6) is 3.92. The lowest BCUT2D eigenvalue weighted by Gasteiger charge is -2.58. The SMILES string of the molecule is C[C@]12CC=CC[C@@H]1CC[C@H]1[C@H]2CC[C@@]2(C)C(=O)CC[C@H]12. The van der Waals surface area contributed by atoms with Crippen molar-refractivity contribution in [1.29, 1.82) is 0 Å². The summed E-state index contributed by atoms with van der Waals surface area (Å²) in [5.41, 5.74) is 0.583. The Morgan fingerprint density at radius 3 is 2.75 bits per heavy atom. The van der Waals surface area contributed by atoms with E-state index >= 15 is 0 Å². The minimum atomic E-state index is 0.0505. The minimum Gasteiger partial charge on any atom is -0.299 e. The van der Waals surface area contributed by atoms with Gasteiger partial charge in [-0.05, 0) is 74.0 Å². The van der Waals surface area contributed by atoms with Gasteiger partial charge in [-0.3, -0.25) is 4.79 Å². The molecule has 3 saturated carbocycles. The van der Waals surface area contributed by atoms with E-state index in [1.54, 1.807) is 0 Å². The first-order valence-corrected chi connectivity index (χ1v) is 8.74. The van der Waals surface area contributed by atoms with Crippen molar-refractivity contribution in [2.24, 2.45) is 34.5 Å². The van der Waals surface area contributed by atoms with E-state index in [2.05, 4.69) is 26.0 Å². The van der Waals surface area contributed by atoms with Gasteiger partial charge in [0.25, 0.3) is 0 Å². The quantitative estimate of drug-likeness (QED) is 0.581. The van der Waals surface area contributed by atoms with E-state index in [1.165, 1.54) is 44.9 Å². The van der Waals surface area contributed by atoms with Crippen molar-refractivity contribution < 1.29 is 4.79 Å². The average Bonchev–Trinajstić information content (AvgIpc) is 2.74. The van der Waals surface area contributed by atoms with Crippen molar-refractivity contribution in [3.05, 3.63) is 12.2 Å². The molecule has 3 fully saturated rings. The van der Waals surface area contributed by atoms with E-state index in [4.69, 9.17) is 0 Å². The monoisotopic (exact) mass is 272 g/mol. The highest BCUT2D eigenvalue weighted by Gasteiger charge is 2.59. The molecular formula is C19H28O. The third-order valence-corrected chi connectivity index (χ3v) is 7.92. The smallest absolute Gasteiger partial charge is 0.139 e. The molecule has 0 aromatic carbocycles. The topological polar surface area (TPSA) is 17.1 Å². The molecule has 1 heteroatoms. The molecule has 0 radical (unpaired) electrons. The number of hydrogen-bond donors (Lipinski definition) is 0. The summed E-state index contributed by atoms with van der Waals surface area (Å²) in [6.07, 6.45) is 14.8. The molecule has 0 saturated heterocycles. The molecule has 0 aromatic heterocycles. The zero-order valence-corrected chi connectivity index (χ0v) is 13.0. The zero-order chi connectivity index (χ0) is 14.0. The molecule has 4 aliphatic rings. The van der Waals surface area contributed by atoms with Crippen LogP contribution in [0, 0.1) is 34.5 Å². The van der Waals surface area contributed by atoms with Crippen LogP contribution >= 0.6 is 0 Å². The third kappa shape index (κ3) is 1.53. The maximum Gasteiger partial charge on any atom is 0.139 e. The van der Waals surface area contributed by atoms with Crippen LogP contribution in [0.2, 0.25) is 0 Å². The van der Waals surface area contributed by atoms with Gasteiger partial charge in [0.15, 0.2) is 0 Å². The first kappa shape index (κ1) is 13.1. The van der Waals surface area contributed by atoms with Gasteiger partial charge in [-0.2, -0.15) is 0 Å². The fraction of sp³-hybridized carbons (Fsp3) is 0.842. The molecule has 0 bridgehead atoms. The number of ketones is 1. The summed E-state index contributed by atoms with van der Waals surface area (Å²) < 4.78 is 0. The second kappa shape index (κ2) is 4.21. The number of carbonyl (C=O) groups excluding carboxylic acids is 1. The number of carbonyl (C=O) groups is 1. The van der Waals surface area contributed by atoms with Crippen molar-refractivity contribution in [2.75, 3.05) is 0 Å². The summed E-state index contributed by atoms with van der Waals surface area (Å²) in [7, 11) is 0. The van der Waals surface area contributed by atoms with Crippen LogP contribution in [0.1, 0.15) is 65.2 Å². The molecule has 0 aliphatic heterocycles. The lowest BCUT2D eigenvalue weighted by atomic mass is 9.46. The Bertz CT molecular complexity index is 464. The molecule has 0 aromatic rings. The van der Waals surface area contributed by atoms with E-state index in [1.807, 2.05) is 0 Å². The molecule has 20 heavy (non-hydrogen) atoms. The van der Waals surface area contributed by atoms with Crippen LogP contribution in [0.15, 0.2) is 12.2 Å². The van der Waals surface area contributed by atoms with Gasteiger partial charge in [0.05, 0.1) is 0 Å². The van der Waals surface area contributed by atoms with Gasteiger partial charge in [0.2, 0.25) is 0 Å². The van der Waals surface area contributed by atoms with Gasteiger partial charge in [-0.15, -0.1) is 0 Å². The number of fused-ring (bicyclic) bond motifs is 5. The van der Waals surface area contributed by atoms with Gasteiger partial charge in [-0.1, -0.05) is 26.0 Å². The van der Waals surface area contributed by atoms with Crippen LogP contribution in [0.5, 0.6) is 0 Å². The van der Waals surface area contributed by atoms with Gasteiger partial charge >= 0.3 is 0 Å². The molecule has 6 atom stereocenters. The minimum absolute atomic E-state index is 0.0505. The zero-order valence-electron chi connectivity index (χ0n) is 13.0. The first-order valence-electron chi connectivity index (χ1n) is 8.74. The maximum absolute atomic E-state index is 12.4. The Hall–Kier alpha value is -0.590. The van der Waals surface area contributed by atoms with E-state index in [-0.39, 0.29) is 5.41 Å². The highest BCUT2D eigenvalue weighted by Crippen LogP contribution is 2.64. The largest absolute Gasteiger partial charge is 0.299 e. The first-order chi connectivity index (χ1) is 9.56. The van der Waals surface area contributed by atoms with Gasteiger partial charge in [-0.25, -0.2) is 0 Å². The third-order valence-electron chi connectivity index (χ3n) is 7.92. The molecule has 4 rings (SSSR count). The maximum atomic E-state index is 12.4. The van der Waals surface area contributed by atoms with Crippen LogP contribution in [0.25, 0.3) is 0 Å². The summed E-state index contributed by atoms with van der Waals surface area (Å²) in [6, 6.07) is 0. The lowest BCUT2D eigenvalue weighted by molar-refractivity contribution is -0.136. The molecule has 4 aliphatic carbocycles. The summed E-state index contributed by atoms with van der Waals surface area (Å²) in [4.78, 5) is 12.4. The summed E-state index contributed by atoms with van der Waals surface area (Å²) in [6.45, 7) is 4.86. The number of rotatable bonds is 0. The molecule has 0 heterocycles. The Morgan fingerprint density at radius 2 is 1.90 bits per heavy atom. The summed E-state index contributed by atoms with van der Waals surface area (Å²) in [5, 5.41) is 0. The van der Waals surface area contributed by atoms with E-state index in [0.29, 0.717) is 17.1 Å². The predicted molar refractivity (Wildman–Crippen MR) is 81.3 cm³/mol. The normalized spacial score (nSPS) is 54.2. The van der Waals surface area contributed by atoms with Gasteiger partial charge in [0, 0.05) is 11.8 Å². The number of Topliss-reactive ketones (excluding diaryl/α,β-unsaturated/α-hetero) is 1. The van der Waals surface area contributed by atoms with Crippen LogP contribution in [-0.4, -0.2) is 5.78 Å². The molecule has 1 nitrogen and oxygen atoms in total. The second-order valence-corrected chi connectivity index (χ2v) is 8.49. The number of hydrogen-bond acceptors (Lipinski definition) is 1. The highest BCUT2D eigenvalue weighted by atomic mass is 16.1. The Balaban J connectivity index is 1.68. The standard InChI is InChI=1S/C19H28O/c1-18-11-4-3-5-13(18)6-7-14-15-8-9-17(20)19(15,2)12-10-16(14)18/h3-4,13-16H,5-12H2,1-2H3/t13-,14-,15-,16-,18+,19-/m1/s1. The predicted octanol–water partition coefficient (Wildman–Crippen LogP) is 4.76. The van der Waals surface area contributed by atoms with Crippen molar-refractivity contribution in [3.63, 3.8) is 0 Å². The van der Waals surface area contributed by atoms with Crippen molar-refractivity contribution >= 4 is 5.78 Å². The van der Waals surface area contributed by atoms with Crippen LogP contribution in [0.3, 0.4) is 0 Å². The van der Waals surface area contributed by atoms with Crippen LogP contribution in [-0.2, 0) is 4.79 Å². The second-order valence-electron chi connectivity index (χ2n) is 8.49. The molecule has 0 amide bonds. The van der Waals surface area contributed by atoms with Gasteiger partial charge in [0.1, 0.15) is 5.78 Å². The Kier molecular flexibility index (Phi) is 2.76. The highest BCUT2D eigenvalue weighted by molar-refractivity contribution is 5.87. The van der Waals surface area contributed by atoms with E-state index in [9.17, 15) is 4.79 Å². The fourth-order valence-corrected chi connectivity index (χ4v) is 6.61. The van der Waals surface area contributed by atoms with E-state index < -0.39 is 0 Å². The van der Waals surface area contributed by atoms with Crippen molar-refractivity contribution in [2.45, 2.75) is 65.2 Å². The lowest BCUT2D eigenvalue weighted by Crippen LogP contribution is -2.52. The molecular weight excluding hydrogens is 244 g/mol. The molecule has 0 spiro atoms. The van der Waals surface area contributed by atoms with Crippen molar-refractivity contribution in [1.82, 2.24) is 0 Å². The summed E-state index contributed by atoms with van der Waals surface area (Å²) >= 11 is 0. The Morgan fingerprint density at radius 1 is 1.05 bits per heavy atom. The molecule has 0 N–H and O–H groups in total.